The quantitative estimate of drug-likeness (QED) is 0.788. The third kappa shape index (κ3) is 1.83. The predicted octanol–water partition coefficient (Wildman–Crippen LogP) is 0.302. The minimum absolute atomic E-state index is 0.146. The molecule has 0 aliphatic heterocycles. The molecule has 1 rings (SSSR count). The number of carboxylic acid groups (broad SMARTS) is 1. The van der Waals surface area contributed by atoms with Gasteiger partial charge in [-0.3, -0.25) is 4.68 Å². The molecule has 0 radical (unpaired) electrons. The number of aromatic carboxylic acids is 1. The molecule has 0 spiro atoms. The van der Waals surface area contributed by atoms with Crippen LogP contribution in [0.25, 0.3) is 0 Å². The molecule has 0 aliphatic rings. The van der Waals surface area contributed by atoms with Gasteiger partial charge < -0.3 is 10.8 Å². The van der Waals surface area contributed by atoms with Crippen LogP contribution in [0.1, 0.15) is 10.5 Å². The third-order valence-electron chi connectivity index (χ3n) is 1.31. The van der Waals surface area contributed by atoms with Gasteiger partial charge in [-0.05, 0) is 15.9 Å². The van der Waals surface area contributed by atoms with Crippen LogP contribution in [-0.2, 0) is 6.54 Å². The Bertz CT molecular complexity index is 297. The summed E-state index contributed by atoms with van der Waals surface area (Å²) in [6.45, 7) is 0.779. The van der Waals surface area contributed by atoms with Crippen molar-refractivity contribution in [1.82, 2.24) is 9.78 Å². The van der Waals surface area contributed by atoms with Gasteiger partial charge in [0.25, 0.3) is 0 Å². The van der Waals surface area contributed by atoms with Crippen molar-refractivity contribution in [1.29, 1.82) is 0 Å². The molecule has 0 fully saturated rings. The zero-order valence-electron chi connectivity index (χ0n) is 6.20. The topological polar surface area (TPSA) is 81.1 Å². The minimum atomic E-state index is -0.998. The van der Waals surface area contributed by atoms with E-state index in [0.29, 0.717) is 17.7 Å². The second-order valence-corrected chi connectivity index (χ2v) is 2.98. The van der Waals surface area contributed by atoms with Crippen molar-refractivity contribution in [3.8, 4) is 0 Å². The molecule has 0 aromatic carbocycles. The van der Waals surface area contributed by atoms with Crippen LogP contribution in [0.15, 0.2) is 10.7 Å². The Morgan fingerprint density at radius 3 is 3.00 bits per heavy atom. The van der Waals surface area contributed by atoms with E-state index in [9.17, 15) is 4.79 Å². The summed E-state index contributed by atoms with van der Waals surface area (Å²) in [5.74, 6) is -0.998. The monoisotopic (exact) mass is 233 g/mol. The van der Waals surface area contributed by atoms with Gasteiger partial charge in [-0.25, -0.2) is 4.79 Å². The normalized spacial score (nSPS) is 10.2. The Balaban J connectivity index is 2.99. The molecule has 1 aromatic rings. The Hall–Kier alpha value is -0.880. The second-order valence-electron chi connectivity index (χ2n) is 2.17. The van der Waals surface area contributed by atoms with Gasteiger partial charge >= 0.3 is 5.97 Å². The van der Waals surface area contributed by atoms with Crippen LogP contribution in [0.2, 0.25) is 0 Å². The maximum Gasteiger partial charge on any atom is 0.354 e. The Kier molecular flexibility index (Phi) is 2.83. The summed E-state index contributed by atoms with van der Waals surface area (Å²) in [5.41, 5.74) is 5.42. The lowest BCUT2D eigenvalue weighted by Gasteiger charge is -1.99. The van der Waals surface area contributed by atoms with Crippen LogP contribution in [-0.4, -0.2) is 27.4 Å². The lowest BCUT2D eigenvalue weighted by Crippen LogP contribution is -2.16. The van der Waals surface area contributed by atoms with Gasteiger partial charge in [0.2, 0.25) is 0 Å². The highest BCUT2D eigenvalue weighted by molar-refractivity contribution is 9.10. The van der Waals surface area contributed by atoms with E-state index in [2.05, 4.69) is 21.0 Å². The Morgan fingerprint density at radius 2 is 2.50 bits per heavy atom. The van der Waals surface area contributed by atoms with Gasteiger partial charge in [0.1, 0.15) is 10.3 Å². The molecule has 5 nitrogen and oxygen atoms in total. The first-order chi connectivity index (χ1) is 5.65. The van der Waals surface area contributed by atoms with Gasteiger partial charge in [0.05, 0.1) is 6.54 Å². The van der Waals surface area contributed by atoms with Crippen LogP contribution in [0.5, 0.6) is 0 Å². The van der Waals surface area contributed by atoms with E-state index >= 15 is 0 Å². The highest BCUT2D eigenvalue weighted by Crippen LogP contribution is 2.10. The molecule has 3 N–H and O–H groups in total. The number of nitrogens with two attached hydrogens (primary N) is 1. The second kappa shape index (κ2) is 3.68. The van der Waals surface area contributed by atoms with Crippen LogP contribution in [0.4, 0.5) is 0 Å². The Labute approximate surface area is 77.3 Å². The molecule has 0 saturated carbocycles. The van der Waals surface area contributed by atoms with Gasteiger partial charge in [0, 0.05) is 12.6 Å². The molecule has 1 heterocycles. The smallest absolute Gasteiger partial charge is 0.354 e. The van der Waals surface area contributed by atoms with Gasteiger partial charge in [-0.15, -0.1) is 0 Å². The van der Waals surface area contributed by atoms with E-state index in [4.69, 9.17) is 10.8 Å². The zero-order valence-corrected chi connectivity index (χ0v) is 7.78. The van der Waals surface area contributed by atoms with E-state index < -0.39 is 5.97 Å². The summed E-state index contributed by atoms with van der Waals surface area (Å²) < 4.78 is 1.86. The van der Waals surface area contributed by atoms with E-state index in [0.717, 1.165) is 0 Å². The number of carboxylic acids is 1. The largest absolute Gasteiger partial charge is 0.477 e. The predicted molar refractivity (Wildman–Crippen MR) is 45.9 cm³/mol. The maximum absolute atomic E-state index is 10.6. The highest BCUT2D eigenvalue weighted by atomic mass is 79.9. The number of hydrogen-bond donors (Lipinski definition) is 2. The molecular weight excluding hydrogens is 226 g/mol. The van der Waals surface area contributed by atoms with Gasteiger partial charge in [0.15, 0.2) is 0 Å². The van der Waals surface area contributed by atoms with Crippen LogP contribution in [0, 0.1) is 0 Å². The summed E-state index contributed by atoms with van der Waals surface area (Å²) in [7, 11) is 0. The lowest BCUT2D eigenvalue weighted by molar-refractivity contribution is 0.0683. The molecule has 1 aromatic heterocycles. The fourth-order valence-electron chi connectivity index (χ4n) is 0.850. The molecule has 66 valence electrons. The fraction of sp³-hybridized carbons (Fsp3) is 0.333. The molecular formula is C6H8BrN3O2. The number of rotatable bonds is 3. The number of aromatic nitrogens is 2. The van der Waals surface area contributed by atoms with Crippen LogP contribution < -0.4 is 5.73 Å². The molecule has 0 bridgehead atoms. The standard InChI is InChI=1S/C6H8BrN3O2/c7-5-3-4(6(11)12)10(9-5)2-1-8/h3H,1-2,8H2,(H,11,12). The highest BCUT2D eigenvalue weighted by Gasteiger charge is 2.11. The van der Waals surface area contributed by atoms with Crippen molar-refractivity contribution < 1.29 is 9.90 Å². The number of halogens is 1. The van der Waals surface area contributed by atoms with Gasteiger partial charge in [-0.2, -0.15) is 5.10 Å². The third-order valence-corrected chi connectivity index (χ3v) is 1.70. The van der Waals surface area contributed by atoms with Crippen molar-refractivity contribution in [2.75, 3.05) is 6.54 Å². The number of hydrogen-bond acceptors (Lipinski definition) is 3. The van der Waals surface area contributed by atoms with Gasteiger partial charge in [-0.1, -0.05) is 0 Å². The summed E-state index contributed by atoms with van der Waals surface area (Å²) in [4.78, 5) is 10.6. The number of carbonyl (C=O) groups is 1. The lowest BCUT2D eigenvalue weighted by atomic mass is 10.4. The van der Waals surface area contributed by atoms with E-state index in [1.807, 2.05) is 0 Å². The average Bonchev–Trinajstić information content (AvgIpc) is 2.32. The van der Waals surface area contributed by atoms with Crippen LogP contribution >= 0.6 is 15.9 Å². The number of nitrogens with zero attached hydrogens (tertiary/aromatic N) is 2. The molecule has 0 saturated heterocycles. The molecule has 0 unspecified atom stereocenters. The minimum Gasteiger partial charge on any atom is -0.477 e. The van der Waals surface area contributed by atoms with Crippen molar-refractivity contribution in [3.63, 3.8) is 0 Å². The molecule has 12 heavy (non-hydrogen) atoms. The molecule has 6 heteroatoms. The van der Waals surface area contributed by atoms with E-state index in [1.165, 1.54) is 10.7 Å². The summed E-state index contributed by atoms with van der Waals surface area (Å²) >= 11 is 3.09. The van der Waals surface area contributed by atoms with E-state index in [-0.39, 0.29) is 5.69 Å². The summed E-state index contributed by atoms with van der Waals surface area (Å²) in [6, 6.07) is 1.44. The first kappa shape index (κ1) is 9.21. The average molecular weight is 234 g/mol. The van der Waals surface area contributed by atoms with E-state index in [1.54, 1.807) is 0 Å². The fourth-order valence-corrected chi connectivity index (χ4v) is 1.26. The first-order valence-corrected chi connectivity index (χ1v) is 4.11. The zero-order chi connectivity index (χ0) is 9.14. The molecule has 0 atom stereocenters. The molecule has 0 amide bonds. The summed E-state index contributed by atoms with van der Waals surface area (Å²) in [5, 5.41) is 12.6. The van der Waals surface area contributed by atoms with Crippen LogP contribution in [0.3, 0.4) is 0 Å². The van der Waals surface area contributed by atoms with Crippen molar-refractivity contribution in [2.24, 2.45) is 5.73 Å². The van der Waals surface area contributed by atoms with Crippen molar-refractivity contribution in [3.05, 3.63) is 16.4 Å². The maximum atomic E-state index is 10.6. The SMILES string of the molecule is NCCn1nc(Br)cc1C(=O)O. The van der Waals surface area contributed by atoms with Crippen molar-refractivity contribution >= 4 is 21.9 Å². The Morgan fingerprint density at radius 1 is 1.83 bits per heavy atom. The molecule has 0 aliphatic carbocycles. The van der Waals surface area contributed by atoms with Crippen molar-refractivity contribution in [2.45, 2.75) is 6.54 Å². The first-order valence-electron chi connectivity index (χ1n) is 3.32. The summed E-state index contributed by atoms with van der Waals surface area (Å²) in [6.07, 6.45) is 0.